The molecule has 2 nitrogen and oxygen atoms in total. The fraction of sp³-hybridized carbons (Fsp3) is 0.0476. The number of fused-ring (bicyclic) bond motifs is 1. The lowest BCUT2D eigenvalue weighted by Gasteiger charge is -2.09. The minimum Gasteiger partial charge on any atom is -0.293 e. The summed E-state index contributed by atoms with van der Waals surface area (Å²) in [5.74, 6) is -1.07. The molecule has 0 saturated carbocycles. The van der Waals surface area contributed by atoms with Crippen molar-refractivity contribution in [1.29, 1.82) is 0 Å². The van der Waals surface area contributed by atoms with Crippen LogP contribution in [0.5, 0.6) is 0 Å². The van der Waals surface area contributed by atoms with Gasteiger partial charge in [0, 0.05) is 14.7 Å². The summed E-state index contributed by atoms with van der Waals surface area (Å²) < 4.78 is 0.830. The van der Waals surface area contributed by atoms with Gasteiger partial charge in [0.25, 0.3) is 0 Å². The van der Waals surface area contributed by atoms with Crippen molar-refractivity contribution in [2.24, 2.45) is 0 Å². The smallest absolute Gasteiger partial charge is 0.179 e. The number of carbonyl (C=O) groups is 2. The number of hydrogen-bond acceptors (Lipinski definition) is 2. The van der Waals surface area contributed by atoms with Gasteiger partial charge in [0.05, 0.1) is 5.02 Å². The molecule has 25 heavy (non-hydrogen) atoms. The van der Waals surface area contributed by atoms with E-state index >= 15 is 0 Å². The van der Waals surface area contributed by atoms with Crippen LogP contribution in [-0.2, 0) is 0 Å². The van der Waals surface area contributed by atoms with E-state index in [-0.39, 0.29) is 11.6 Å². The molecule has 122 valence electrons. The van der Waals surface area contributed by atoms with Gasteiger partial charge in [0.15, 0.2) is 11.6 Å². The first kappa shape index (κ1) is 16.5. The topological polar surface area (TPSA) is 34.1 Å². The van der Waals surface area contributed by atoms with Crippen LogP contribution < -0.4 is 0 Å². The highest BCUT2D eigenvalue weighted by Crippen LogP contribution is 2.40. The first-order chi connectivity index (χ1) is 12.1. The predicted octanol–water partition coefficient (Wildman–Crippen LogP) is 5.77. The van der Waals surface area contributed by atoms with Crippen molar-refractivity contribution in [3.63, 3.8) is 0 Å². The molecule has 0 aromatic heterocycles. The molecule has 0 aliphatic heterocycles. The maximum atomic E-state index is 13.1. The highest BCUT2D eigenvalue weighted by molar-refractivity contribution is 14.1. The monoisotopic (exact) mass is 458 g/mol. The molecule has 1 aliphatic carbocycles. The van der Waals surface area contributed by atoms with Crippen LogP contribution >= 0.6 is 34.2 Å². The zero-order chi connectivity index (χ0) is 17.6. The Morgan fingerprint density at radius 1 is 0.800 bits per heavy atom. The maximum Gasteiger partial charge on any atom is 0.179 e. The first-order valence-electron chi connectivity index (χ1n) is 7.79. The Bertz CT molecular complexity index is 1010. The van der Waals surface area contributed by atoms with Crippen molar-refractivity contribution in [1.82, 2.24) is 0 Å². The van der Waals surface area contributed by atoms with Crippen LogP contribution in [0.3, 0.4) is 0 Å². The van der Waals surface area contributed by atoms with Gasteiger partial charge >= 0.3 is 0 Å². The Balaban J connectivity index is 1.87. The summed E-state index contributed by atoms with van der Waals surface area (Å²) in [4.78, 5) is 26.1. The average molecular weight is 459 g/mol. The number of benzene rings is 3. The molecule has 4 rings (SSSR count). The van der Waals surface area contributed by atoms with Gasteiger partial charge in [-0.05, 0) is 51.4 Å². The second-order valence-electron chi connectivity index (χ2n) is 5.93. The lowest BCUT2D eigenvalue weighted by molar-refractivity contribution is 0.0890. The second kappa shape index (κ2) is 6.39. The number of hydrogen-bond donors (Lipinski definition) is 0. The maximum absolute atomic E-state index is 13.1. The van der Waals surface area contributed by atoms with Gasteiger partial charge in [-0.15, -0.1) is 0 Å². The fourth-order valence-electron chi connectivity index (χ4n) is 3.29. The van der Waals surface area contributed by atoms with E-state index in [0.29, 0.717) is 21.7 Å². The molecule has 0 fully saturated rings. The largest absolute Gasteiger partial charge is 0.293 e. The minimum atomic E-state index is -0.786. The molecule has 0 N–H and O–H groups in total. The minimum absolute atomic E-state index is 0.141. The van der Waals surface area contributed by atoms with E-state index in [1.807, 2.05) is 48.5 Å². The van der Waals surface area contributed by atoms with E-state index in [2.05, 4.69) is 22.6 Å². The Morgan fingerprint density at radius 2 is 1.52 bits per heavy atom. The average Bonchev–Trinajstić information content (AvgIpc) is 2.89. The van der Waals surface area contributed by atoms with Gasteiger partial charge in [0.1, 0.15) is 5.92 Å². The molecule has 3 aromatic carbocycles. The van der Waals surface area contributed by atoms with E-state index in [1.165, 1.54) is 0 Å². The summed E-state index contributed by atoms with van der Waals surface area (Å²) in [6.07, 6.45) is 0. The van der Waals surface area contributed by atoms with Crippen molar-refractivity contribution in [2.75, 3.05) is 0 Å². The lowest BCUT2D eigenvalue weighted by Crippen LogP contribution is -2.13. The number of carbonyl (C=O) groups excluding carboxylic acids is 2. The third-order valence-electron chi connectivity index (χ3n) is 4.46. The zero-order valence-corrected chi connectivity index (χ0v) is 15.9. The van der Waals surface area contributed by atoms with E-state index in [0.717, 1.165) is 14.7 Å². The van der Waals surface area contributed by atoms with E-state index in [9.17, 15) is 9.59 Å². The Labute approximate surface area is 164 Å². The number of ketones is 2. The van der Waals surface area contributed by atoms with E-state index in [4.69, 9.17) is 11.6 Å². The standard InChI is InChI=1S/C21H12ClIO2/c22-16-10-9-13(11-17(16)23)18-20(24)15-8-4-7-14(19(15)21(18)25)12-5-2-1-3-6-12/h1-11,18H. The summed E-state index contributed by atoms with van der Waals surface area (Å²) in [5.41, 5.74) is 3.46. The van der Waals surface area contributed by atoms with Gasteiger partial charge in [-0.3, -0.25) is 9.59 Å². The molecular weight excluding hydrogens is 447 g/mol. The SMILES string of the molecule is O=C1c2cccc(-c3ccccc3)c2C(=O)C1c1ccc(Cl)c(I)c1. The number of Topliss-reactive ketones (excluding diaryl/α,β-unsaturated/α-hetero) is 2. The van der Waals surface area contributed by atoms with Crippen LogP contribution in [0.1, 0.15) is 32.2 Å². The Kier molecular flexibility index (Phi) is 4.21. The molecule has 0 heterocycles. The highest BCUT2D eigenvalue weighted by atomic mass is 127. The van der Waals surface area contributed by atoms with Crippen molar-refractivity contribution in [2.45, 2.75) is 5.92 Å². The van der Waals surface area contributed by atoms with Gasteiger partial charge in [-0.1, -0.05) is 66.2 Å². The van der Waals surface area contributed by atoms with E-state index < -0.39 is 5.92 Å². The third kappa shape index (κ3) is 2.71. The van der Waals surface area contributed by atoms with Gasteiger partial charge in [0.2, 0.25) is 0 Å². The van der Waals surface area contributed by atoms with Crippen LogP contribution in [-0.4, -0.2) is 11.6 Å². The first-order valence-corrected chi connectivity index (χ1v) is 9.25. The predicted molar refractivity (Wildman–Crippen MR) is 107 cm³/mol. The second-order valence-corrected chi connectivity index (χ2v) is 7.50. The van der Waals surface area contributed by atoms with Crippen LogP contribution in [0.25, 0.3) is 11.1 Å². The Hall–Kier alpha value is -1.98. The normalized spacial score (nSPS) is 16.2. The lowest BCUT2D eigenvalue weighted by atomic mass is 9.93. The zero-order valence-electron chi connectivity index (χ0n) is 13.0. The van der Waals surface area contributed by atoms with E-state index in [1.54, 1.807) is 18.2 Å². The van der Waals surface area contributed by atoms with Crippen LogP contribution in [0.2, 0.25) is 5.02 Å². The molecule has 3 aromatic rings. The third-order valence-corrected chi connectivity index (χ3v) is 6.00. The van der Waals surface area contributed by atoms with Crippen molar-refractivity contribution < 1.29 is 9.59 Å². The van der Waals surface area contributed by atoms with Crippen LogP contribution in [0, 0.1) is 3.57 Å². The molecule has 0 bridgehead atoms. The molecule has 4 heteroatoms. The molecule has 1 unspecified atom stereocenters. The molecule has 1 atom stereocenters. The summed E-state index contributed by atoms with van der Waals surface area (Å²) in [7, 11) is 0. The fourth-order valence-corrected chi connectivity index (χ4v) is 3.95. The molecule has 1 aliphatic rings. The quantitative estimate of drug-likeness (QED) is 0.361. The molecule has 0 amide bonds. The van der Waals surface area contributed by atoms with Gasteiger partial charge < -0.3 is 0 Å². The van der Waals surface area contributed by atoms with Crippen LogP contribution in [0.15, 0.2) is 66.7 Å². The number of halogens is 2. The molecule has 0 saturated heterocycles. The summed E-state index contributed by atoms with van der Waals surface area (Å²) in [6, 6.07) is 20.5. The molecular formula is C21H12ClIO2. The molecule has 0 spiro atoms. The van der Waals surface area contributed by atoms with Crippen molar-refractivity contribution in [3.8, 4) is 11.1 Å². The van der Waals surface area contributed by atoms with Gasteiger partial charge in [-0.25, -0.2) is 0 Å². The van der Waals surface area contributed by atoms with Crippen LogP contribution in [0.4, 0.5) is 0 Å². The summed E-state index contributed by atoms with van der Waals surface area (Å²) >= 11 is 8.19. The summed E-state index contributed by atoms with van der Waals surface area (Å²) in [6.45, 7) is 0. The molecule has 0 radical (unpaired) electrons. The summed E-state index contributed by atoms with van der Waals surface area (Å²) in [5, 5.41) is 0.615. The number of rotatable bonds is 2. The van der Waals surface area contributed by atoms with Gasteiger partial charge in [-0.2, -0.15) is 0 Å². The van der Waals surface area contributed by atoms with Crippen molar-refractivity contribution in [3.05, 3.63) is 92.0 Å². The highest BCUT2D eigenvalue weighted by Gasteiger charge is 2.41. The van der Waals surface area contributed by atoms with Crippen molar-refractivity contribution >= 4 is 45.8 Å². The Morgan fingerprint density at radius 3 is 2.24 bits per heavy atom.